The highest BCUT2D eigenvalue weighted by atomic mass is 16.3. The van der Waals surface area contributed by atoms with Crippen LogP contribution in [0.25, 0.3) is 0 Å². The van der Waals surface area contributed by atoms with Gasteiger partial charge in [0.1, 0.15) is 5.69 Å². The van der Waals surface area contributed by atoms with Crippen molar-refractivity contribution in [3.8, 4) is 0 Å². The highest BCUT2D eigenvalue weighted by Gasteiger charge is 2.25. The van der Waals surface area contributed by atoms with Gasteiger partial charge in [0.05, 0.1) is 11.8 Å². The van der Waals surface area contributed by atoms with Crippen molar-refractivity contribution in [1.29, 1.82) is 0 Å². The molecular formula is C11H17N3O2. The molecular weight excluding hydrogens is 206 g/mol. The minimum atomic E-state index is -0.919. The standard InChI is InChI=1S/C11H17N3O2/c1-8(2)11(3,16)7-14-10(15)9-6-12-4-5-13-9/h4-6,8,16H,7H2,1-3H3,(H,14,15). The first-order valence-electron chi connectivity index (χ1n) is 5.20. The van der Waals surface area contributed by atoms with E-state index in [-0.39, 0.29) is 24.1 Å². The second kappa shape index (κ2) is 5.03. The van der Waals surface area contributed by atoms with Gasteiger partial charge in [0.25, 0.3) is 5.91 Å². The van der Waals surface area contributed by atoms with Crippen LogP contribution in [0.15, 0.2) is 18.6 Å². The predicted molar refractivity (Wildman–Crippen MR) is 59.8 cm³/mol. The predicted octanol–water partition coefficient (Wildman–Crippen LogP) is 0.613. The van der Waals surface area contributed by atoms with E-state index in [1.165, 1.54) is 18.6 Å². The lowest BCUT2D eigenvalue weighted by atomic mass is 9.92. The smallest absolute Gasteiger partial charge is 0.271 e. The molecule has 1 rings (SSSR count). The van der Waals surface area contributed by atoms with Gasteiger partial charge in [-0.25, -0.2) is 4.98 Å². The van der Waals surface area contributed by atoms with Crippen molar-refractivity contribution in [2.75, 3.05) is 6.54 Å². The number of nitrogens with one attached hydrogen (secondary N) is 1. The third-order valence-corrected chi connectivity index (χ3v) is 2.65. The molecule has 1 atom stereocenters. The molecule has 1 heterocycles. The quantitative estimate of drug-likeness (QED) is 0.784. The molecule has 0 fully saturated rings. The van der Waals surface area contributed by atoms with Crippen LogP contribution in [-0.4, -0.2) is 33.1 Å². The molecule has 0 bridgehead atoms. The van der Waals surface area contributed by atoms with E-state index in [1.807, 2.05) is 13.8 Å². The number of aromatic nitrogens is 2. The summed E-state index contributed by atoms with van der Waals surface area (Å²) in [5.41, 5.74) is -0.667. The minimum Gasteiger partial charge on any atom is -0.388 e. The zero-order valence-electron chi connectivity index (χ0n) is 9.77. The Kier molecular flexibility index (Phi) is 3.95. The van der Waals surface area contributed by atoms with Gasteiger partial charge in [0.2, 0.25) is 0 Å². The molecule has 16 heavy (non-hydrogen) atoms. The fraction of sp³-hybridized carbons (Fsp3) is 0.545. The first kappa shape index (κ1) is 12.6. The van der Waals surface area contributed by atoms with Crippen LogP contribution >= 0.6 is 0 Å². The molecule has 0 saturated carbocycles. The fourth-order valence-electron chi connectivity index (χ4n) is 0.970. The van der Waals surface area contributed by atoms with Gasteiger partial charge in [-0.05, 0) is 12.8 Å². The Morgan fingerprint density at radius 3 is 2.75 bits per heavy atom. The molecule has 1 unspecified atom stereocenters. The number of hydrogen-bond acceptors (Lipinski definition) is 4. The van der Waals surface area contributed by atoms with Gasteiger partial charge >= 0.3 is 0 Å². The molecule has 1 amide bonds. The lowest BCUT2D eigenvalue weighted by molar-refractivity contribution is 0.0142. The molecule has 0 aliphatic rings. The van der Waals surface area contributed by atoms with Crippen LogP contribution in [0.5, 0.6) is 0 Å². The van der Waals surface area contributed by atoms with Crippen molar-refractivity contribution >= 4 is 5.91 Å². The molecule has 1 aromatic rings. The van der Waals surface area contributed by atoms with Crippen LogP contribution in [0.2, 0.25) is 0 Å². The van der Waals surface area contributed by atoms with Crippen molar-refractivity contribution in [1.82, 2.24) is 15.3 Å². The normalized spacial score (nSPS) is 14.6. The zero-order chi connectivity index (χ0) is 12.2. The third kappa shape index (κ3) is 3.27. The Bertz CT molecular complexity index is 350. The van der Waals surface area contributed by atoms with Crippen molar-refractivity contribution in [3.63, 3.8) is 0 Å². The fourth-order valence-corrected chi connectivity index (χ4v) is 0.970. The number of amides is 1. The van der Waals surface area contributed by atoms with Crippen LogP contribution in [0, 0.1) is 5.92 Å². The largest absolute Gasteiger partial charge is 0.388 e. The number of rotatable bonds is 4. The van der Waals surface area contributed by atoms with Gasteiger partial charge in [-0.3, -0.25) is 9.78 Å². The molecule has 0 spiro atoms. The van der Waals surface area contributed by atoms with Crippen LogP contribution in [0.1, 0.15) is 31.3 Å². The zero-order valence-corrected chi connectivity index (χ0v) is 9.77. The summed E-state index contributed by atoms with van der Waals surface area (Å²) in [5, 5.41) is 12.6. The van der Waals surface area contributed by atoms with Crippen molar-refractivity contribution in [3.05, 3.63) is 24.3 Å². The van der Waals surface area contributed by atoms with Crippen LogP contribution in [0.4, 0.5) is 0 Å². The van der Waals surface area contributed by atoms with Gasteiger partial charge in [-0.2, -0.15) is 0 Å². The SMILES string of the molecule is CC(C)C(C)(O)CNC(=O)c1cnccn1. The molecule has 0 radical (unpaired) electrons. The Balaban J connectivity index is 2.54. The van der Waals surface area contributed by atoms with Gasteiger partial charge < -0.3 is 10.4 Å². The summed E-state index contributed by atoms with van der Waals surface area (Å²) in [5.74, 6) is -0.260. The van der Waals surface area contributed by atoms with Gasteiger partial charge in [0, 0.05) is 18.9 Å². The second-order valence-corrected chi connectivity index (χ2v) is 4.29. The summed E-state index contributed by atoms with van der Waals surface area (Å²) in [6.45, 7) is 5.68. The number of aliphatic hydroxyl groups is 1. The Labute approximate surface area is 94.9 Å². The van der Waals surface area contributed by atoms with Crippen LogP contribution in [0.3, 0.4) is 0 Å². The van der Waals surface area contributed by atoms with E-state index < -0.39 is 5.60 Å². The first-order chi connectivity index (χ1) is 7.43. The second-order valence-electron chi connectivity index (χ2n) is 4.29. The van der Waals surface area contributed by atoms with Crippen molar-refractivity contribution < 1.29 is 9.90 Å². The van der Waals surface area contributed by atoms with E-state index in [0.717, 1.165) is 0 Å². The molecule has 0 aromatic carbocycles. The number of carbonyl (C=O) groups excluding carboxylic acids is 1. The molecule has 2 N–H and O–H groups in total. The number of nitrogens with zero attached hydrogens (tertiary/aromatic N) is 2. The molecule has 0 aliphatic carbocycles. The summed E-state index contributed by atoms with van der Waals surface area (Å²) in [6.07, 6.45) is 4.34. The summed E-state index contributed by atoms with van der Waals surface area (Å²) < 4.78 is 0. The van der Waals surface area contributed by atoms with E-state index in [4.69, 9.17) is 0 Å². The maximum atomic E-state index is 11.6. The summed E-state index contributed by atoms with van der Waals surface area (Å²) >= 11 is 0. The lowest BCUT2D eigenvalue weighted by Gasteiger charge is -2.27. The van der Waals surface area contributed by atoms with E-state index in [1.54, 1.807) is 6.92 Å². The molecule has 0 saturated heterocycles. The highest BCUT2D eigenvalue weighted by Crippen LogP contribution is 2.14. The number of hydrogen-bond donors (Lipinski definition) is 2. The van der Waals surface area contributed by atoms with Crippen LogP contribution in [-0.2, 0) is 0 Å². The van der Waals surface area contributed by atoms with E-state index >= 15 is 0 Å². The maximum Gasteiger partial charge on any atom is 0.271 e. The minimum absolute atomic E-state index is 0.0645. The van der Waals surface area contributed by atoms with Gasteiger partial charge in [-0.15, -0.1) is 0 Å². The highest BCUT2D eigenvalue weighted by molar-refractivity contribution is 5.91. The molecule has 88 valence electrons. The number of carbonyl (C=O) groups is 1. The summed E-state index contributed by atoms with van der Waals surface area (Å²) in [4.78, 5) is 19.3. The molecule has 1 aromatic heterocycles. The van der Waals surface area contributed by atoms with Gasteiger partial charge in [-0.1, -0.05) is 13.8 Å². The third-order valence-electron chi connectivity index (χ3n) is 2.65. The van der Waals surface area contributed by atoms with E-state index in [9.17, 15) is 9.90 Å². The lowest BCUT2D eigenvalue weighted by Crippen LogP contribution is -2.44. The summed E-state index contributed by atoms with van der Waals surface area (Å²) in [7, 11) is 0. The van der Waals surface area contributed by atoms with E-state index in [2.05, 4.69) is 15.3 Å². The maximum absolute atomic E-state index is 11.6. The molecule has 5 nitrogen and oxygen atoms in total. The van der Waals surface area contributed by atoms with Gasteiger partial charge in [0.15, 0.2) is 0 Å². The Hall–Kier alpha value is -1.49. The Morgan fingerprint density at radius 1 is 1.56 bits per heavy atom. The average molecular weight is 223 g/mol. The van der Waals surface area contributed by atoms with Crippen LogP contribution < -0.4 is 5.32 Å². The van der Waals surface area contributed by atoms with Crippen molar-refractivity contribution in [2.24, 2.45) is 5.92 Å². The monoisotopic (exact) mass is 223 g/mol. The average Bonchev–Trinajstić information content (AvgIpc) is 2.27. The van der Waals surface area contributed by atoms with E-state index in [0.29, 0.717) is 0 Å². The summed E-state index contributed by atoms with van der Waals surface area (Å²) in [6, 6.07) is 0. The topological polar surface area (TPSA) is 75.1 Å². The Morgan fingerprint density at radius 2 is 2.25 bits per heavy atom. The first-order valence-corrected chi connectivity index (χ1v) is 5.20. The molecule has 5 heteroatoms. The van der Waals surface area contributed by atoms with Crippen molar-refractivity contribution in [2.45, 2.75) is 26.4 Å². The molecule has 0 aliphatic heterocycles.